The fourth-order valence-corrected chi connectivity index (χ4v) is 2.23. The molecule has 0 radical (unpaired) electrons. The molecule has 0 unspecified atom stereocenters. The summed E-state index contributed by atoms with van der Waals surface area (Å²) < 4.78 is 16.5. The third kappa shape index (κ3) is 6.41. The van der Waals surface area contributed by atoms with Crippen molar-refractivity contribution in [1.82, 2.24) is 0 Å². The lowest BCUT2D eigenvalue weighted by Gasteiger charge is -2.13. The van der Waals surface area contributed by atoms with E-state index in [0.717, 1.165) is 5.75 Å². The van der Waals surface area contributed by atoms with Crippen molar-refractivity contribution < 1.29 is 19.0 Å². The fourth-order valence-electron chi connectivity index (χ4n) is 2.23. The third-order valence-corrected chi connectivity index (χ3v) is 3.52. The first-order chi connectivity index (χ1) is 12.6. The van der Waals surface area contributed by atoms with Gasteiger partial charge in [0.05, 0.1) is 18.8 Å². The topological polar surface area (TPSA) is 56.8 Å². The Labute approximate surface area is 155 Å². The summed E-state index contributed by atoms with van der Waals surface area (Å²) >= 11 is 0. The number of carbonyl (C=O) groups excluding carboxylic acids is 1. The van der Waals surface area contributed by atoms with Crippen molar-refractivity contribution in [2.45, 2.75) is 20.8 Å². The Hall–Kier alpha value is -2.53. The van der Waals surface area contributed by atoms with Crippen molar-refractivity contribution in [3.8, 4) is 11.5 Å². The van der Waals surface area contributed by atoms with Crippen LogP contribution >= 0.6 is 0 Å². The van der Waals surface area contributed by atoms with Crippen LogP contribution in [-0.4, -0.2) is 32.3 Å². The van der Waals surface area contributed by atoms with Crippen LogP contribution in [0.25, 0.3) is 0 Å². The number of amides is 1. The van der Waals surface area contributed by atoms with Gasteiger partial charge in [0, 0.05) is 12.3 Å². The van der Waals surface area contributed by atoms with Crippen LogP contribution in [0.5, 0.6) is 11.5 Å². The molecule has 0 aliphatic heterocycles. The van der Waals surface area contributed by atoms with E-state index in [1.54, 1.807) is 6.07 Å². The molecule has 5 heteroatoms. The molecular formula is C21H27NO4. The standard InChI is InChI=1S/C21H27NO4/c1-4-24-13-14-25-18-11-9-17(10-12-18)22-21(23)19-7-5-6-8-20(19)26-15-16(2)3/h5-12,16H,4,13-15H2,1-3H3,(H,22,23). The van der Waals surface area contributed by atoms with Crippen LogP contribution in [0.15, 0.2) is 48.5 Å². The minimum absolute atomic E-state index is 0.200. The molecule has 26 heavy (non-hydrogen) atoms. The van der Waals surface area contributed by atoms with Crippen LogP contribution in [0, 0.1) is 5.92 Å². The van der Waals surface area contributed by atoms with E-state index in [2.05, 4.69) is 19.2 Å². The van der Waals surface area contributed by atoms with Crippen molar-refractivity contribution in [2.24, 2.45) is 5.92 Å². The third-order valence-electron chi connectivity index (χ3n) is 3.52. The number of rotatable bonds is 10. The number of benzene rings is 2. The highest BCUT2D eigenvalue weighted by atomic mass is 16.5. The summed E-state index contributed by atoms with van der Waals surface area (Å²) in [4.78, 5) is 12.6. The molecule has 0 saturated carbocycles. The molecule has 0 saturated heterocycles. The summed E-state index contributed by atoms with van der Waals surface area (Å²) in [5.41, 5.74) is 1.22. The lowest BCUT2D eigenvalue weighted by atomic mass is 10.1. The SMILES string of the molecule is CCOCCOc1ccc(NC(=O)c2ccccc2OCC(C)C)cc1. The van der Waals surface area contributed by atoms with Gasteiger partial charge in [0.2, 0.25) is 0 Å². The van der Waals surface area contributed by atoms with E-state index in [4.69, 9.17) is 14.2 Å². The van der Waals surface area contributed by atoms with E-state index < -0.39 is 0 Å². The Morgan fingerprint density at radius 2 is 1.73 bits per heavy atom. The Balaban J connectivity index is 1.95. The van der Waals surface area contributed by atoms with Crippen LogP contribution in [0.2, 0.25) is 0 Å². The maximum Gasteiger partial charge on any atom is 0.259 e. The molecule has 0 spiro atoms. The lowest BCUT2D eigenvalue weighted by molar-refractivity contribution is 0.102. The predicted molar refractivity (Wildman–Crippen MR) is 103 cm³/mol. The number of ether oxygens (including phenoxy) is 3. The monoisotopic (exact) mass is 357 g/mol. The summed E-state index contributed by atoms with van der Waals surface area (Å²) in [7, 11) is 0. The molecule has 0 atom stereocenters. The minimum atomic E-state index is -0.200. The second kappa shape index (κ2) is 10.5. The van der Waals surface area contributed by atoms with E-state index in [1.807, 2.05) is 49.4 Å². The number of carbonyl (C=O) groups is 1. The molecule has 0 aliphatic rings. The molecular weight excluding hydrogens is 330 g/mol. The van der Waals surface area contributed by atoms with E-state index >= 15 is 0 Å². The second-order valence-electron chi connectivity index (χ2n) is 6.22. The number of hydrogen-bond donors (Lipinski definition) is 1. The van der Waals surface area contributed by atoms with Gasteiger partial charge in [0.1, 0.15) is 18.1 Å². The maximum absolute atomic E-state index is 12.6. The van der Waals surface area contributed by atoms with Gasteiger partial charge in [-0.25, -0.2) is 0 Å². The molecule has 0 aromatic heterocycles. The van der Waals surface area contributed by atoms with Crippen LogP contribution in [0.3, 0.4) is 0 Å². The summed E-state index contributed by atoms with van der Waals surface area (Å²) in [5.74, 6) is 1.52. The molecule has 0 aliphatic carbocycles. The van der Waals surface area contributed by atoms with Gasteiger partial charge in [0.25, 0.3) is 5.91 Å². The first kappa shape index (κ1) is 19.8. The van der Waals surface area contributed by atoms with Crippen molar-refractivity contribution in [3.05, 3.63) is 54.1 Å². The number of para-hydroxylation sites is 1. The van der Waals surface area contributed by atoms with Crippen molar-refractivity contribution >= 4 is 11.6 Å². The van der Waals surface area contributed by atoms with Crippen LogP contribution in [-0.2, 0) is 4.74 Å². The normalized spacial score (nSPS) is 10.6. The van der Waals surface area contributed by atoms with Crippen LogP contribution < -0.4 is 14.8 Å². The highest BCUT2D eigenvalue weighted by Gasteiger charge is 2.13. The van der Waals surface area contributed by atoms with Gasteiger partial charge < -0.3 is 19.5 Å². The smallest absolute Gasteiger partial charge is 0.259 e. The molecule has 2 rings (SSSR count). The number of anilines is 1. The van der Waals surface area contributed by atoms with Gasteiger partial charge >= 0.3 is 0 Å². The molecule has 1 amide bonds. The van der Waals surface area contributed by atoms with E-state index in [-0.39, 0.29) is 5.91 Å². The average Bonchev–Trinajstić information content (AvgIpc) is 2.65. The largest absolute Gasteiger partial charge is 0.492 e. The van der Waals surface area contributed by atoms with Gasteiger partial charge in [-0.05, 0) is 49.2 Å². The minimum Gasteiger partial charge on any atom is -0.492 e. The van der Waals surface area contributed by atoms with Gasteiger partial charge in [-0.3, -0.25) is 4.79 Å². The van der Waals surface area contributed by atoms with E-state index in [0.29, 0.717) is 49.3 Å². The van der Waals surface area contributed by atoms with Crippen LogP contribution in [0.4, 0.5) is 5.69 Å². The zero-order valence-corrected chi connectivity index (χ0v) is 15.7. The lowest BCUT2D eigenvalue weighted by Crippen LogP contribution is -2.15. The van der Waals surface area contributed by atoms with Gasteiger partial charge in [0.15, 0.2) is 0 Å². The Bertz CT molecular complexity index is 683. The maximum atomic E-state index is 12.6. The van der Waals surface area contributed by atoms with E-state index in [9.17, 15) is 4.79 Å². The molecule has 5 nitrogen and oxygen atoms in total. The summed E-state index contributed by atoms with van der Waals surface area (Å²) in [6.45, 7) is 8.39. The molecule has 0 bridgehead atoms. The fraction of sp³-hybridized carbons (Fsp3) is 0.381. The summed E-state index contributed by atoms with van der Waals surface area (Å²) in [5, 5.41) is 2.89. The first-order valence-corrected chi connectivity index (χ1v) is 8.94. The van der Waals surface area contributed by atoms with Gasteiger partial charge in [-0.1, -0.05) is 26.0 Å². The second-order valence-corrected chi connectivity index (χ2v) is 6.22. The number of hydrogen-bond acceptors (Lipinski definition) is 4. The quantitative estimate of drug-likeness (QED) is 0.641. The molecule has 2 aromatic carbocycles. The Morgan fingerprint density at radius 3 is 2.42 bits per heavy atom. The Kier molecular flexibility index (Phi) is 7.96. The highest BCUT2D eigenvalue weighted by Crippen LogP contribution is 2.21. The zero-order chi connectivity index (χ0) is 18.8. The van der Waals surface area contributed by atoms with Gasteiger partial charge in [-0.2, -0.15) is 0 Å². The molecule has 2 aromatic rings. The summed E-state index contributed by atoms with van der Waals surface area (Å²) in [6, 6.07) is 14.5. The van der Waals surface area contributed by atoms with Gasteiger partial charge in [-0.15, -0.1) is 0 Å². The van der Waals surface area contributed by atoms with Crippen LogP contribution in [0.1, 0.15) is 31.1 Å². The zero-order valence-electron chi connectivity index (χ0n) is 15.7. The highest BCUT2D eigenvalue weighted by molar-refractivity contribution is 6.06. The summed E-state index contributed by atoms with van der Waals surface area (Å²) in [6.07, 6.45) is 0. The number of nitrogens with one attached hydrogen (secondary N) is 1. The molecule has 1 N–H and O–H groups in total. The molecule has 0 heterocycles. The first-order valence-electron chi connectivity index (χ1n) is 8.94. The van der Waals surface area contributed by atoms with Crippen molar-refractivity contribution in [1.29, 1.82) is 0 Å². The predicted octanol–water partition coefficient (Wildman–Crippen LogP) is 4.39. The Morgan fingerprint density at radius 1 is 1.00 bits per heavy atom. The van der Waals surface area contributed by atoms with Crippen molar-refractivity contribution in [3.63, 3.8) is 0 Å². The molecule has 0 fully saturated rings. The average molecular weight is 357 g/mol. The molecule has 140 valence electrons. The van der Waals surface area contributed by atoms with E-state index in [1.165, 1.54) is 0 Å². The van der Waals surface area contributed by atoms with Crippen molar-refractivity contribution in [2.75, 3.05) is 31.7 Å².